The van der Waals surface area contributed by atoms with E-state index in [0.29, 0.717) is 0 Å². The summed E-state index contributed by atoms with van der Waals surface area (Å²) in [6, 6.07) is 34.9. The Morgan fingerprint density at radius 1 is 0.346 bits per heavy atom. The van der Waals surface area contributed by atoms with E-state index in [-0.39, 0.29) is 0 Å². The van der Waals surface area contributed by atoms with Gasteiger partial charge in [0, 0.05) is 0 Å². The summed E-state index contributed by atoms with van der Waals surface area (Å²) in [5.74, 6) is 0. The molecule has 0 spiro atoms. The molecule has 0 saturated carbocycles. The van der Waals surface area contributed by atoms with Gasteiger partial charge in [-0.2, -0.15) is 0 Å². The highest BCUT2D eigenvalue weighted by atomic mass is 14.1. The molecule has 0 aromatic heterocycles. The molecule has 0 N–H and O–H groups in total. The molecule has 0 radical (unpaired) electrons. The molecular formula is C26H22. The summed E-state index contributed by atoms with van der Waals surface area (Å²) in [5.41, 5.74) is 10.2. The maximum absolute atomic E-state index is 2.22. The lowest BCUT2D eigenvalue weighted by Gasteiger charge is -2.15. The van der Waals surface area contributed by atoms with Gasteiger partial charge in [-0.05, 0) is 47.2 Å². The maximum atomic E-state index is 2.22. The number of rotatable bonds is 3. The molecule has 0 aliphatic heterocycles. The predicted octanol–water partition coefficient (Wildman–Crippen LogP) is 7.30. The number of benzene rings is 4. The first kappa shape index (κ1) is 16.4. The van der Waals surface area contributed by atoms with Crippen molar-refractivity contribution >= 4 is 0 Å². The Morgan fingerprint density at radius 3 is 1.00 bits per heavy atom. The molecular weight excluding hydrogens is 312 g/mol. The number of hydrogen-bond donors (Lipinski definition) is 0. The van der Waals surface area contributed by atoms with Crippen LogP contribution in [0.5, 0.6) is 0 Å². The van der Waals surface area contributed by atoms with Crippen molar-refractivity contribution < 1.29 is 0 Å². The van der Waals surface area contributed by atoms with E-state index < -0.39 is 0 Å². The minimum Gasteiger partial charge on any atom is -0.0616 e. The Balaban J connectivity index is 1.90. The molecule has 0 fully saturated rings. The summed E-state index contributed by atoms with van der Waals surface area (Å²) < 4.78 is 0. The molecule has 0 heterocycles. The standard InChI is InChI=1S/C26H22/c1-19-11-15-21(16-12-19)23-7-3-5-9-25(23)26-10-6-4-8-24(26)22-17-13-20(2)14-18-22/h3-18H,1-2H3. The molecule has 126 valence electrons. The summed E-state index contributed by atoms with van der Waals surface area (Å²) in [7, 11) is 0. The van der Waals surface area contributed by atoms with Gasteiger partial charge in [-0.1, -0.05) is 108 Å². The van der Waals surface area contributed by atoms with Crippen molar-refractivity contribution in [2.24, 2.45) is 0 Å². The van der Waals surface area contributed by atoms with Gasteiger partial charge in [0.05, 0.1) is 0 Å². The Kier molecular flexibility index (Phi) is 4.41. The minimum atomic E-state index is 1.25. The molecule has 0 nitrogen and oxygen atoms in total. The fourth-order valence-corrected chi connectivity index (χ4v) is 3.41. The van der Waals surface area contributed by atoms with Gasteiger partial charge >= 0.3 is 0 Å². The van der Waals surface area contributed by atoms with Crippen LogP contribution in [0.25, 0.3) is 33.4 Å². The first-order valence-electron chi connectivity index (χ1n) is 9.05. The predicted molar refractivity (Wildman–Crippen MR) is 112 cm³/mol. The maximum Gasteiger partial charge on any atom is -0.00992 e. The van der Waals surface area contributed by atoms with Crippen molar-refractivity contribution in [3.05, 3.63) is 108 Å². The third-order valence-electron chi connectivity index (χ3n) is 4.87. The fraction of sp³-hybridized carbons (Fsp3) is 0.0769. The van der Waals surface area contributed by atoms with Crippen LogP contribution in [0, 0.1) is 13.8 Å². The van der Waals surface area contributed by atoms with E-state index in [4.69, 9.17) is 0 Å². The summed E-state index contributed by atoms with van der Waals surface area (Å²) in [4.78, 5) is 0. The van der Waals surface area contributed by atoms with Gasteiger partial charge in [-0.15, -0.1) is 0 Å². The minimum absolute atomic E-state index is 1.25. The molecule has 0 aliphatic carbocycles. The van der Waals surface area contributed by atoms with Crippen molar-refractivity contribution in [3.63, 3.8) is 0 Å². The van der Waals surface area contributed by atoms with Crippen LogP contribution in [0.4, 0.5) is 0 Å². The van der Waals surface area contributed by atoms with Gasteiger partial charge in [-0.3, -0.25) is 0 Å². The first-order valence-corrected chi connectivity index (χ1v) is 9.05. The smallest absolute Gasteiger partial charge is 0.00992 e. The third-order valence-corrected chi connectivity index (χ3v) is 4.87. The van der Waals surface area contributed by atoms with Gasteiger partial charge in [0.1, 0.15) is 0 Å². The van der Waals surface area contributed by atoms with Crippen LogP contribution in [-0.2, 0) is 0 Å². The summed E-state index contributed by atoms with van der Waals surface area (Å²) in [6.45, 7) is 4.25. The molecule has 4 aromatic rings. The normalized spacial score (nSPS) is 10.7. The van der Waals surface area contributed by atoms with Crippen molar-refractivity contribution in [1.82, 2.24) is 0 Å². The van der Waals surface area contributed by atoms with Crippen molar-refractivity contribution in [3.8, 4) is 33.4 Å². The van der Waals surface area contributed by atoms with E-state index in [0.717, 1.165) is 0 Å². The Morgan fingerprint density at radius 2 is 0.654 bits per heavy atom. The van der Waals surface area contributed by atoms with E-state index in [1.54, 1.807) is 0 Å². The number of aryl methyl sites for hydroxylation is 2. The van der Waals surface area contributed by atoms with Crippen molar-refractivity contribution in [1.29, 1.82) is 0 Å². The second kappa shape index (κ2) is 7.01. The summed E-state index contributed by atoms with van der Waals surface area (Å²) in [6.07, 6.45) is 0. The molecule has 4 aromatic carbocycles. The summed E-state index contributed by atoms with van der Waals surface area (Å²) in [5, 5.41) is 0. The molecule has 26 heavy (non-hydrogen) atoms. The topological polar surface area (TPSA) is 0 Å². The zero-order valence-electron chi connectivity index (χ0n) is 15.2. The highest BCUT2D eigenvalue weighted by Gasteiger charge is 2.11. The highest BCUT2D eigenvalue weighted by molar-refractivity contribution is 5.91. The zero-order valence-corrected chi connectivity index (χ0v) is 15.2. The second-order valence-electron chi connectivity index (χ2n) is 6.82. The SMILES string of the molecule is Cc1ccc(-c2ccccc2-c2ccccc2-c2ccc(C)cc2)cc1. The molecule has 0 aliphatic rings. The van der Waals surface area contributed by atoms with Crippen molar-refractivity contribution in [2.75, 3.05) is 0 Å². The third kappa shape index (κ3) is 3.19. The molecule has 4 rings (SSSR count). The fourth-order valence-electron chi connectivity index (χ4n) is 3.41. The van der Waals surface area contributed by atoms with Crippen LogP contribution < -0.4 is 0 Å². The van der Waals surface area contributed by atoms with Crippen LogP contribution in [0.1, 0.15) is 11.1 Å². The van der Waals surface area contributed by atoms with Gasteiger partial charge in [0.15, 0.2) is 0 Å². The van der Waals surface area contributed by atoms with Crippen LogP contribution >= 0.6 is 0 Å². The Hall–Kier alpha value is -3.12. The van der Waals surface area contributed by atoms with E-state index in [9.17, 15) is 0 Å². The average molecular weight is 334 g/mol. The van der Waals surface area contributed by atoms with Crippen LogP contribution in [0.3, 0.4) is 0 Å². The summed E-state index contributed by atoms with van der Waals surface area (Å²) >= 11 is 0. The van der Waals surface area contributed by atoms with Crippen molar-refractivity contribution in [2.45, 2.75) is 13.8 Å². The Bertz CT molecular complexity index is 935. The molecule has 0 bridgehead atoms. The van der Waals surface area contributed by atoms with Gasteiger partial charge in [0.25, 0.3) is 0 Å². The Labute approximate surface area is 155 Å². The van der Waals surface area contributed by atoms with Gasteiger partial charge < -0.3 is 0 Å². The van der Waals surface area contributed by atoms with Crippen LogP contribution in [0.15, 0.2) is 97.1 Å². The zero-order chi connectivity index (χ0) is 17.9. The lowest BCUT2D eigenvalue weighted by Crippen LogP contribution is -1.89. The first-order chi connectivity index (χ1) is 12.7. The monoisotopic (exact) mass is 334 g/mol. The molecule has 0 heteroatoms. The quantitative estimate of drug-likeness (QED) is 0.368. The highest BCUT2D eigenvalue weighted by Crippen LogP contribution is 2.38. The lowest BCUT2D eigenvalue weighted by atomic mass is 9.89. The van der Waals surface area contributed by atoms with Crippen LogP contribution in [0.2, 0.25) is 0 Å². The number of hydrogen-bond acceptors (Lipinski definition) is 0. The molecule has 0 unspecified atom stereocenters. The molecule has 0 amide bonds. The lowest BCUT2D eigenvalue weighted by molar-refractivity contribution is 1.46. The van der Waals surface area contributed by atoms with E-state index >= 15 is 0 Å². The average Bonchev–Trinajstić information content (AvgIpc) is 2.69. The van der Waals surface area contributed by atoms with Gasteiger partial charge in [0.2, 0.25) is 0 Å². The van der Waals surface area contributed by atoms with E-state index in [2.05, 4.69) is 111 Å². The van der Waals surface area contributed by atoms with Crippen LogP contribution in [-0.4, -0.2) is 0 Å². The largest absolute Gasteiger partial charge is 0.0616 e. The van der Waals surface area contributed by atoms with E-state index in [1.807, 2.05) is 0 Å². The second-order valence-corrected chi connectivity index (χ2v) is 6.82. The van der Waals surface area contributed by atoms with Gasteiger partial charge in [-0.25, -0.2) is 0 Å². The molecule has 0 saturated heterocycles. The van der Waals surface area contributed by atoms with E-state index in [1.165, 1.54) is 44.5 Å². The molecule has 0 atom stereocenters.